The third-order valence-electron chi connectivity index (χ3n) is 4.27. The predicted octanol–water partition coefficient (Wildman–Crippen LogP) is 2.39. The Balaban J connectivity index is 1.63. The molecule has 2 amide bonds. The van der Waals surface area contributed by atoms with Crippen LogP contribution in [-0.4, -0.2) is 35.5 Å². The number of carbonyl (C=O) groups is 2. The first-order chi connectivity index (χ1) is 12.1. The average Bonchev–Trinajstić information content (AvgIpc) is 2.98. The van der Waals surface area contributed by atoms with Crippen molar-refractivity contribution in [3.8, 4) is 11.5 Å². The minimum absolute atomic E-state index is 0.0447. The van der Waals surface area contributed by atoms with Gasteiger partial charge in [0.05, 0.1) is 13.0 Å². The van der Waals surface area contributed by atoms with Gasteiger partial charge in [0.25, 0.3) is 0 Å². The van der Waals surface area contributed by atoms with Gasteiger partial charge in [0.2, 0.25) is 11.8 Å². The van der Waals surface area contributed by atoms with Gasteiger partial charge in [-0.15, -0.1) is 0 Å². The van der Waals surface area contributed by atoms with Crippen molar-refractivity contribution in [1.82, 2.24) is 4.90 Å². The Morgan fingerprint density at radius 3 is 2.68 bits per heavy atom. The van der Waals surface area contributed by atoms with E-state index in [2.05, 4.69) is 5.32 Å². The number of phenols is 1. The number of anilines is 1. The maximum atomic E-state index is 12.4. The van der Waals surface area contributed by atoms with Crippen LogP contribution >= 0.6 is 0 Å². The van der Waals surface area contributed by atoms with Crippen LogP contribution in [0.2, 0.25) is 0 Å². The monoisotopic (exact) mass is 340 g/mol. The largest absolute Gasteiger partial charge is 0.508 e. The molecule has 1 heterocycles. The molecule has 1 unspecified atom stereocenters. The van der Waals surface area contributed by atoms with Crippen molar-refractivity contribution in [2.45, 2.75) is 13.0 Å². The molecule has 1 aliphatic heterocycles. The quantitative estimate of drug-likeness (QED) is 0.819. The minimum atomic E-state index is -0.393. The Morgan fingerprint density at radius 1 is 1.24 bits per heavy atom. The maximum absolute atomic E-state index is 12.4. The molecule has 0 aliphatic carbocycles. The summed E-state index contributed by atoms with van der Waals surface area (Å²) in [5, 5.41) is 12.1. The van der Waals surface area contributed by atoms with Gasteiger partial charge in [-0.25, -0.2) is 0 Å². The van der Waals surface area contributed by atoms with E-state index in [1.54, 1.807) is 24.1 Å². The van der Waals surface area contributed by atoms with Gasteiger partial charge in [-0.05, 0) is 30.3 Å². The highest BCUT2D eigenvalue weighted by atomic mass is 16.5. The maximum Gasteiger partial charge on any atom is 0.229 e. The molecule has 0 spiro atoms. The van der Waals surface area contributed by atoms with E-state index in [1.165, 1.54) is 12.1 Å². The molecule has 130 valence electrons. The first-order valence-corrected chi connectivity index (χ1v) is 8.06. The van der Waals surface area contributed by atoms with Crippen molar-refractivity contribution >= 4 is 17.5 Å². The van der Waals surface area contributed by atoms with Crippen molar-refractivity contribution in [2.75, 3.05) is 19.0 Å². The molecule has 1 fully saturated rings. The number of ether oxygens (including phenoxy) is 1. The minimum Gasteiger partial charge on any atom is -0.508 e. The molecule has 0 bridgehead atoms. The molecule has 6 heteroatoms. The second-order valence-electron chi connectivity index (χ2n) is 6.02. The fourth-order valence-electron chi connectivity index (χ4n) is 2.93. The SMILES string of the molecule is COc1ccccc1CN1CC(C(=O)Nc2ccc(O)cc2)CC1=O. The lowest BCUT2D eigenvalue weighted by Crippen LogP contribution is -2.28. The number of hydrogen-bond acceptors (Lipinski definition) is 4. The second-order valence-corrected chi connectivity index (χ2v) is 6.02. The summed E-state index contributed by atoms with van der Waals surface area (Å²) in [4.78, 5) is 26.3. The summed E-state index contributed by atoms with van der Waals surface area (Å²) in [6.07, 6.45) is 0.194. The first kappa shape index (κ1) is 16.8. The number of methoxy groups -OCH3 is 1. The molecule has 3 rings (SSSR count). The van der Waals surface area contributed by atoms with Crippen molar-refractivity contribution in [2.24, 2.45) is 5.92 Å². The lowest BCUT2D eigenvalue weighted by atomic mass is 10.1. The molecule has 1 saturated heterocycles. The van der Waals surface area contributed by atoms with Gasteiger partial charge in [0.15, 0.2) is 0 Å². The van der Waals surface area contributed by atoms with Crippen LogP contribution in [0.3, 0.4) is 0 Å². The average molecular weight is 340 g/mol. The highest BCUT2D eigenvalue weighted by Gasteiger charge is 2.34. The fraction of sp³-hybridized carbons (Fsp3) is 0.263. The molecular weight excluding hydrogens is 320 g/mol. The fourth-order valence-corrected chi connectivity index (χ4v) is 2.93. The summed E-state index contributed by atoms with van der Waals surface area (Å²) in [7, 11) is 1.60. The van der Waals surface area contributed by atoms with Crippen LogP contribution in [0.4, 0.5) is 5.69 Å². The third kappa shape index (κ3) is 3.91. The number of nitrogens with one attached hydrogen (secondary N) is 1. The van der Waals surface area contributed by atoms with Crippen molar-refractivity contribution in [3.05, 3.63) is 54.1 Å². The van der Waals surface area contributed by atoms with E-state index in [-0.39, 0.29) is 24.0 Å². The van der Waals surface area contributed by atoms with E-state index in [0.29, 0.717) is 18.8 Å². The lowest BCUT2D eigenvalue weighted by Gasteiger charge is -2.18. The van der Waals surface area contributed by atoms with Gasteiger partial charge in [-0.2, -0.15) is 0 Å². The van der Waals surface area contributed by atoms with Gasteiger partial charge in [0.1, 0.15) is 11.5 Å². The van der Waals surface area contributed by atoms with Crippen LogP contribution in [0.25, 0.3) is 0 Å². The Morgan fingerprint density at radius 2 is 1.96 bits per heavy atom. The highest BCUT2D eigenvalue weighted by Crippen LogP contribution is 2.25. The number of phenolic OH excluding ortho intramolecular Hbond substituents is 1. The topological polar surface area (TPSA) is 78.9 Å². The van der Waals surface area contributed by atoms with Crippen LogP contribution in [0.15, 0.2) is 48.5 Å². The molecule has 2 N–H and O–H groups in total. The van der Waals surface area contributed by atoms with Gasteiger partial charge in [-0.3, -0.25) is 9.59 Å². The predicted molar refractivity (Wildman–Crippen MR) is 93.3 cm³/mol. The normalized spacial score (nSPS) is 16.8. The molecular formula is C19H20N2O4. The molecule has 6 nitrogen and oxygen atoms in total. The molecule has 0 saturated carbocycles. The number of amides is 2. The molecule has 0 aromatic heterocycles. The van der Waals surface area contributed by atoms with Crippen LogP contribution in [0.1, 0.15) is 12.0 Å². The Hall–Kier alpha value is -3.02. The number of nitrogens with zero attached hydrogens (tertiary/aromatic N) is 1. The number of aromatic hydroxyl groups is 1. The van der Waals surface area contributed by atoms with E-state index in [4.69, 9.17) is 4.74 Å². The Bertz CT molecular complexity index is 773. The Kier molecular flexibility index (Phi) is 4.88. The number of para-hydroxylation sites is 1. The summed E-state index contributed by atoms with van der Waals surface area (Å²) >= 11 is 0. The van der Waals surface area contributed by atoms with Crippen LogP contribution in [0.5, 0.6) is 11.5 Å². The third-order valence-corrected chi connectivity index (χ3v) is 4.27. The van der Waals surface area contributed by atoms with Gasteiger partial charge in [0, 0.05) is 30.8 Å². The standard InChI is InChI=1S/C19H20N2O4/c1-25-17-5-3-2-4-13(17)11-21-12-14(10-18(21)23)19(24)20-15-6-8-16(22)9-7-15/h2-9,14,22H,10-12H2,1H3,(H,20,24). The number of carbonyl (C=O) groups excluding carboxylic acids is 2. The number of likely N-dealkylation sites (tertiary alicyclic amines) is 1. The zero-order valence-electron chi connectivity index (χ0n) is 13.9. The van der Waals surface area contributed by atoms with Crippen molar-refractivity contribution < 1.29 is 19.4 Å². The van der Waals surface area contributed by atoms with Gasteiger partial charge in [-0.1, -0.05) is 18.2 Å². The zero-order chi connectivity index (χ0) is 17.8. The molecule has 2 aromatic rings. The molecule has 0 radical (unpaired) electrons. The molecule has 25 heavy (non-hydrogen) atoms. The second kappa shape index (κ2) is 7.25. The summed E-state index contributed by atoms with van der Waals surface area (Å²) in [6.45, 7) is 0.798. The zero-order valence-corrected chi connectivity index (χ0v) is 13.9. The number of benzene rings is 2. The first-order valence-electron chi connectivity index (χ1n) is 8.06. The highest BCUT2D eigenvalue weighted by molar-refractivity contribution is 5.97. The summed E-state index contributed by atoms with van der Waals surface area (Å²) in [6, 6.07) is 13.8. The number of hydrogen-bond donors (Lipinski definition) is 2. The van der Waals surface area contributed by atoms with Crippen LogP contribution < -0.4 is 10.1 Å². The van der Waals surface area contributed by atoms with E-state index < -0.39 is 5.92 Å². The number of rotatable bonds is 5. The van der Waals surface area contributed by atoms with Gasteiger partial charge >= 0.3 is 0 Å². The summed E-state index contributed by atoms with van der Waals surface area (Å²) in [5.41, 5.74) is 1.51. The van der Waals surface area contributed by atoms with Crippen LogP contribution in [0, 0.1) is 5.92 Å². The molecule has 1 aliphatic rings. The van der Waals surface area contributed by atoms with E-state index in [0.717, 1.165) is 11.3 Å². The van der Waals surface area contributed by atoms with Crippen molar-refractivity contribution in [1.29, 1.82) is 0 Å². The van der Waals surface area contributed by atoms with Gasteiger partial charge < -0.3 is 20.1 Å². The Labute approximate surface area is 146 Å². The lowest BCUT2D eigenvalue weighted by molar-refractivity contribution is -0.128. The smallest absolute Gasteiger partial charge is 0.229 e. The summed E-state index contributed by atoms with van der Waals surface area (Å²) in [5.74, 6) is 0.235. The van der Waals surface area contributed by atoms with Crippen LogP contribution in [-0.2, 0) is 16.1 Å². The van der Waals surface area contributed by atoms with E-state index >= 15 is 0 Å². The summed E-state index contributed by atoms with van der Waals surface area (Å²) < 4.78 is 5.32. The van der Waals surface area contributed by atoms with E-state index in [9.17, 15) is 14.7 Å². The molecule has 2 aromatic carbocycles. The molecule has 1 atom stereocenters. The van der Waals surface area contributed by atoms with E-state index in [1.807, 2.05) is 24.3 Å². The van der Waals surface area contributed by atoms with Crippen molar-refractivity contribution in [3.63, 3.8) is 0 Å².